The van der Waals surface area contributed by atoms with Gasteiger partial charge in [0.05, 0.1) is 0 Å². The van der Waals surface area contributed by atoms with Gasteiger partial charge < -0.3 is 0 Å². The molecule has 0 bridgehead atoms. The zero-order valence-electron chi connectivity index (χ0n) is 22.3. The quantitative estimate of drug-likeness (QED) is 0.268. The van der Waals surface area contributed by atoms with Crippen molar-refractivity contribution in [3.8, 4) is 11.6 Å². The van der Waals surface area contributed by atoms with Crippen LogP contribution >= 0.6 is 23.8 Å². The molecule has 2 aromatic carbocycles. The van der Waals surface area contributed by atoms with E-state index in [-0.39, 0.29) is 21.3 Å². The molecular formula is C31H39P3. The molecule has 4 heterocycles. The molecular weight excluding hydrogens is 465 g/mol. The molecule has 6 rings (SSSR count). The number of fused-ring (bicyclic) bond motifs is 2. The van der Waals surface area contributed by atoms with Crippen LogP contribution in [0.1, 0.15) is 73.4 Å². The molecule has 0 amide bonds. The second-order valence-corrected chi connectivity index (χ2v) is 22.5. The maximum atomic E-state index is 4.15. The summed E-state index contributed by atoms with van der Waals surface area (Å²) in [4.78, 5) is 0.790. The Labute approximate surface area is 211 Å². The Morgan fingerprint density at radius 2 is 1.29 bits per heavy atom. The van der Waals surface area contributed by atoms with E-state index in [2.05, 4.69) is 135 Å². The molecule has 0 aliphatic carbocycles. The first kappa shape index (κ1) is 23.7. The molecule has 0 spiro atoms. The first-order chi connectivity index (χ1) is 15.8. The summed E-state index contributed by atoms with van der Waals surface area (Å²) in [5.41, 5.74) is 8.79. The molecule has 4 fully saturated rings. The maximum absolute atomic E-state index is 4.15. The molecule has 8 atom stereocenters. The summed E-state index contributed by atoms with van der Waals surface area (Å²) in [6, 6.07) is 22.6. The molecule has 3 heteroatoms. The van der Waals surface area contributed by atoms with Gasteiger partial charge >= 0.3 is 0 Å². The fraction of sp³-hybridized carbons (Fsp3) is 0.548. The van der Waals surface area contributed by atoms with Gasteiger partial charge in [0, 0.05) is 31.6 Å². The van der Waals surface area contributed by atoms with Gasteiger partial charge in [-0.25, -0.2) is 0 Å². The van der Waals surface area contributed by atoms with Gasteiger partial charge in [0.15, 0.2) is 0 Å². The van der Waals surface area contributed by atoms with Gasteiger partial charge in [0.1, 0.15) is 0 Å². The molecule has 4 aliphatic rings. The smallest absolute Gasteiger partial charge is 0.0431 e. The van der Waals surface area contributed by atoms with Gasteiger partial charge in [-0.3, -0.25) is 0 Å². The number of hydrogen-bond donors (Lipinski definition) is 0. The lowest BCUT2D eigenvalue weighted by atomic mass is 9.76. The molecule has 0 radical (unpaired) electrons. The fourth-order valence-corrected chi connectivity index (χ4v) is 31.3. The second kappa shape index (κ2) is 6.78. The van der Waals surface area contributed by atoms with E-state index in [0.717, 1.165) is 11.1 Å². The number of benzene rings is 2. The van der Waals surface area contributed by atoms with Gasteiger partial charge in [-0.05, 0) is 41.9 Å². The predicted octanol–water partition coefficient (Wildman–Crippen LogP) is 9.62. The van der Waals surface area contributed by atoms with E-state index in [1.807, 2.05) is 0 Å². The van der Waals surface area contributed by atoms with Crippen molar-refractivity contribution < 1.29 is 0 Å². The average molecular weight is 505 g/mol. The van der Waals surface area contributed by atoms with Crippen molar-refractivity contribution in [2.75, 3.05) is 0 Å². The second-order valence-electron chi connectivity index (χ2n) is 13.9. The summed E-state index contributed by atoms with van der Waals surface area (Å²) in [7, 11) is -0.561. The molecule has 178 valence electrons. The van der Waals surface area contributed by atoms with Crippen molar-refractivity contribution >= 4 is 23.8 Å². The Morgan fingerprint density at radius 3 is 1.79 bits per heavy atom. The molecule has 4 saturated heterocycles. The Morgan fingerprint density at radius 1 is 0.735 bits per heavy atom. The summed E-state index contributed by atoms with van der Waals surface area (Å²) in [6.45, 7) is 23.1. The minimum atomic E-state index is -0.427. The zero-order valence-corrected chi connectivity index (χ0v) is 25.0. The molecule has 0 nitrogen and oxygen atoms in total. The van der Waals surface area contributed by atoms with Crippen molar-refractivity contribution in [1.29, 1.82) is 0 Å². The van der Waals surface area contributed by atoms with Crippen LogP contribution in [0.2, 0.25) is 0 Å². The SMILES string of the molecule is CC(C)(C)[C@H]1P2[C@H]3[C@@]2(C(C)(C)C)P(C#Cc2ccccc2)[C@]2(C(C)(C)C)P1[C@@]32c1ccccc1. The topological polar surface area (TPSA) is 0 Å². The Balaban J connectivity index is 1.66. The Hall–Kier alpha value is -0.710. The standard InChI is InChI=1S/C31H39P3/c1-26(2,3)25-33-24-29(23-18-14-11-15-19-23)31(34(25)29,28(7,8)9)32(30(24,33)27(4,5)6)21-20-22-16-12-10-13-17-22/h10-19,24-25H,1-9H3/t24-,25+,29+,30-,31-,32?,33?,34?/m1/s1. The van der Waals surface area contributed by atoms with Crippen LogP contribution in [0.15, 0.2) is 60.7 Å². The molecule has 0 N–H and O–H groups in total. The largest absolute Gasteiger partial charge is 0.0796 e. The van der Waals surface area contributed by atoms with E-state index in [1.165, 1.54) is 5.56 Å². The highest BCUT2D eigenvalue weighted by Crippen LogP contribution is 3.28. The Bertz CT molecular complexity index is 1200. The molecule has 2 aromatic rings. The number of hydrogen-bond acceptors (Lipinski definition) is 0. The maximum Gasteiger partial charge on any atom is 0.0431 e. The Kier molecular flexibility index (Phi) is 4.72. The molecule has 34 heavy (non-hydrogen) atoms. The minimum absolute atomic E-state index is 0.0228. The van der Waals surface area contributed by atoms with E-state index in [9.17, 15) is 0 Å². The van der Waals surface area contributed by atoms with Crippen LogP contribution < -0.4 is 0 Å². The van der Waals surface area contributed by atoms with Crippen molar-refractivity contribution in [2.24, 2.45) is 16.2 Å². The minimum Gasteiger partial charge on any atom is -0.0796 e. The number of rotatable bonds is 1. The molecule has 4 aliphatic heterocycles. The lowest BCUT2D eigenvalue weighted by Gasteiger charge is -2.51. The monoisotopic (exact) mass is 504 g/mol. The van der Waals surface area contributed by atoms with Crippen LogP contribution in [-0.2, 0) is 5.16 Å². The van der Waals surface area contributed by atoms with Crippen LogP contribution in [0, 0.1) is 27.8 Å². The van der Waals surface area contributed by atoms with Crippen molar-refractivity contribution in [1.82, 2.24) is 0 Å². The van der Waals surface area contributed by atoms with Crippen LogP contribution in [-0.4, -0.2) is 20.9 Å². The fourth-order valence-electron chi connectivity index (χ4n) is 8.29. The first-order valence-electron chi connectivity index (χ1n) is 12.8. The van der Waals surface area contributed by atoms with E-state index in [1.54, 1.807) is 5.56 Å². The van der Waals surface area contributed by atoms with Gasteiger partial charge in [-0.1, -0.05) is 138 Å². The summed E-state index contributed by atoms with van der Waals surface area (Å²) in [6.07, 6.45) is 0. The van der Waals surface area contributed by atoms with E-state index in [4.69, 9.17) is 0 Å². The lowest BCUT2D eigenvalue weighted by molar-refractivity contribution is 0.350. The molecule has 0 aromatic heterocycles. The van der Waals surface area contributed by atoms with Gasteiger partial charge in [0.25, 0.3) is 0 Å². The third kappa shape index (κ3) is 2.40. The van der Waals surface area contributed by atoms with Crippen LogP contribution in [0.3, 0.4) is 0 Å². The third-order valence-electron chi connectivity index (χ3n) is 8.99. The first-order valence-corrected chi connectivity index (χ1v) is 17.0. The van der Waals surface area contributed by atoms with Crippen molar-refractivity contribution in [3.05, 3.63) is 71.8 Å². The zero-order chi connectivity index (χ0) is 24.5. The molecule has 3 unspecified atom stereocenters. The summed E-state index contributed by atoms with van der Waals surface area (Å²) in [5.74, 6) is 3.76. The highest BCUT2D eigenvalue weighted by Gasteiger charge is 3.08. The summed E-state index contributed by atoms with van der Waals surface area (Å²) >= 11 is 0. The predicted molar refractivity (Wildman–Crippen MR) is 154 cm³/mol. The van der Waals surface area contributed by atoms with Crippen molar-refractivity contribution in [2.45, 2.75) is 88.3 Å². The lowest BCUT2D eigenvalue weighted by Crippen LogP contribution is -2.39. The van der Waals surface area contributed by atoms with Crippen LogP contribution in [0.5, 0.6) is 0 Å². The highest BCUT2D eigenvalue weighted by molar-refractivity contribution is 8.09. The van der Waals surface area contributed by atoms with Gasteiger partial charge in [0.2, 0.25) is 0 Å². The normalized spacial score (nSPS) is 41.5. The summed E-state index contributed by atoms with van der Waals surface area (Å²) in [5, 5.41) is 1.29. The van der Waals surface area contributed by atoms with Crippen LogP contribution in [0.25, 0.3) is 0 Å². The van der Waals surface area contributed by atoms with Gasteiger partial charge in [-0.2, -0.15) is 0 Å². The molecule has 0 saturated carbocycles. The van der Waals surface area contributed by atoms with E-state index in [0.29, 0.717) is 25.8 Å². The van der Waals surface area contributed by atoms with Gasteiger partial charge in [-0.15, -0.1) is 0 Å². The van der Waals surface area contributed by atoms with Crippen molar-refractivity contribution in [3.63, 3.8) is 0 Å². The third-order valence-corrected chi connectivity index (χ3v) is 25.6. The summed E-state index contributed by atoms with van der Waals surface area (Å²) < 4.78 is 0. The van der Waals surface area contributed by atoms with Crippen LogP contribution in [0.4, 0.5) is 0 Å². The average Bonchev–Trinajstić information content (AvgIpc) is 3.55. The van der Waals surface area contributed by atoms with E-state index >= 15 is 0 Å². The van der Waals surface area contributed by atoms with E-state index < -0.39 is 7.92 Å². The highest BCUT2D eigenvalue weighted by atomic mass is 31.2.